The van der Waals surface area contributed by atoms with Gasteiger partial charge in [-0.3, -0.25) is 4.79 Å². The zero-order valence-corrected chi connectivity index (χ0v) is 13.2. The summed E-state index contributed by atoms with van der Waals surface area (Å²) in [5, 5.41) is 10.2. The summed E-state index contributed by atoms with van der Waals surface area (Å²) < 4.78 is 5.77. The molecule has 0 aromatic rings. The van der Waals surface area contributed by atoms with Gasteiger partial charge in [0.05, 0.1) is 12.2 Å². The third kappa shape index (κ3) is 2.85. The van der Waals surface area contributed by atoms with Gasteiger partial charge in [0.1, 0.15) is 0 Å². The summed E-state index contributed by atoms with van der Waals surface area (Å²) >= 11 is 0. The first-order chi connectivity index (χ1) is 10.2. The summed E-state index contributed by atoms with van der Waals surface area (Å²) in [4.78, 5) is 14.3. The highest BCUT2D eigenvalue weighted by Gasteiger charge is 2.56. The highest BCUT2D eigenvalue weighted by molar-refractivity contribution is 5.76. The number of ether oxygens (including phenoxy) is 1. The highest BCUT2D eigenvalue weighted by atomic mass is 16.5. The summed E-state index contributed by atoms with van der Waals surface area (Å²) in [5.74, 6) is 1.12. The number of aliphatic hydroxyl groups excluding tert-OH is 1. The predicted octanol–water partition coefficient (Wildman–Crippen LogP) is 2.35. The molecule has 2 aliphatic carbocycles. The van der Waals surface area contributed by atoms with Crippen molar-refractivity contribution in [3.8, 4) is 0 Å². The molecule has 0 aromatic carbocycles. The molecular formula is C17H29NO3. The third-order valence-corrected chi connectivity index (χ3v) is 6.15. The zero-order valence-electron chi connectivity index (χ0n) is 13.2. The van der Waals surface area contributed by atoms with E-state index in [0.717, 1.165) is 51.1 Å². The van der Waals surface area contributed by atoms with Crippen molar-refractivity contribution in [1.82, 2.24) is 4.90 Å². The largest absolute Gasteiger partial charge is 0.392 e. The average Bonchev–Trinajstić information content (AvgIpc) is 2.45. The van der Waals surface area contributed by atoms with Crippen molar-refractivity contribution in [3.63, 3.8) is 0 Å². The summed E-state index contributed by atoms with van der Waals surface area (Å²) in [7, 11) is 0. The number of nitrogens with zero attached hydrogens (tertiary/aromatic N) is 1. The smallest absolute Gasteiger partial charge is 0.222 e. The minimum absolute atomic E-state index is 0.0687. The molecule has 0 aromatic heterocycles. The highest BCUT2D eigenvalue weighted by Crippen LogP contribution is 2.51. The lowest BCUT2D eigenvalue weighted by atomic mass is 9.58. The number of likely N-dealkylation sites (tertiary alicyclic amines) is 1. The minimum atomic E-state index is -0.235. The van der Waals surface area contributed by atoms with Crippen LogP contribution in [0.15, 0.2) is 0 Å². The number of piperidine rings is 1. The Morgan fingerprint density at radius 2 is 2.05 bits per heavy atom. The topological polar surface area (TPSA) is 49.8 Å². The normalized spacial score (nSPS) is 31.8. The van der Waals surface area contributed by atoms with E-state index in [-0.39, 0.29) is 17.6 Å². The van der Waals surface area contributed by atoms with Crippen LogP contribution in [0.4, 0.5) is 0 Å². The molecule has 2 atom stereocenters. The zero-order chi connectivity index (χ0) is 14.9. The molecule has 1 amide bonds. The molecule has 2 unspecified atom stereocenters. The van der Waals surface area contributed by atoms with Crippen LogP contribution < -0.4 is 0 Å². The molecule has 1 heterocycles. The Morgan fingerprint density at radius 3 is 2.57 bits per heavy atom. The minimum Gasteiger partial charge on any atom is -0.392 e. The van der Waals surface area contributed by atoms with Gasteiger partial charge >= 0.3 is 0 Å². The lowest BCUT2D eigenvalue weighted by molar-refractivity contribution is -0.210. The van der Waals surface area contributed by atoms with E-state index in [0.29, 0.717) is 12.5 Å². The van der Waals surface area contributed by atoms with Crippen LogP contribution in [0.25, 0.3) is 0 Å². The van der Waals surface area contributed by atoms with E-state index in [1.54, 1.807) is 0 Å². The van der Waals surface area contributed by atoms with Crippen molar-refractivity contribution in [2.45, 2.75) is 70.5 Å². The molecule has 4 nitrogen and oxygen atoms in total. The number of aliphatic hydroxyl groups is 1. The first-order valence-corrected chi connectivity index (χ1v) is 8.73. The van der Waals surface area contributed by atoms with Crippen molar-refractivity contribution in [1.29, 1.82) is 0 Å². The number of rotatable bonds is 5. The van der Waals surface area contributed by atoms with E-state index in [2.05, 4.69) is 0 Å². The maximum atomic E-state index is 12.3. The Bertz CT molecular complexity index is 370. The first kappa shape index (κ1) is 15.3. The van der Waals surface area contributed by atoms with Gasteiger partial charge < -0.3 is 14.7 Å². The molecule has 0 radical (unpaired) electrons. The first-order valence-electron chi connectivity index (χ1n) is 8.73. The van der Waals surface area contributed by atoms with Crippen LogP contribution in [0.1, 0.15) is 58.3 Å². The Morgan fingerprint density at radius 1 is 1.33 bits per heavy atom. The van der Waals surface area contributed by atoms with Gasteiger partial charge in [-0.05, 0) is 32.1 Å². The monoisotopic (exact) mass is 295 g/mol. The molecule has 1 aliphatic heterocycles. The quantitative estimate of drug-likeness (QED) is 0.847. The van der Waals surface area contributed by atoms with E-state index in [1.807, 2.05) is 11.8 Å². The predicted molar refractivity (Wildman–Crippen MR) is 80.9 cm³/mol. The molecule has 4 heteroatoms. The standard InChI is InChI=1S/C17H29NO3/c1-2-21-15-12-14(19)17(15)8-10-18(11-9-17)16(20)7-6-13-4-3-5-13/h13-15,19H,2-12H2,1H3. The van der Waals surface area contributed by atoms with Crippen molar-refractivity contribution in [2.24, 2.45) is 11.3 Å². The van der Waals surface area contributed by atoms with Gasteiger partial charge in [0.2, 0.25) is 5.91 Å². The fourth-order valence-corrected chi connectivity index (χ4v) is 4.26. The van der Waals surface area contributed by atoms with E-state index in [1.165, 1.54) is 19.3 Å². The number of hydrogen-bond acceptors (Lipinski definition) is 3. The van der Waals surface area contributed by atoms with Gasteiger partial charge in [0, 0.05) is 38.0 Å². The molecule has 3 rings (SSSR count). The van der Waals surface area contributed by atoms with Gasteiger partial charge in [-0.25, -0.2) is 0 Å². The summed E-state index contributed by atoms with van der Waals surface area (Å²) in [6.07, 6.45) is 8.30. The average molecular weight is 295 g/mol. The molecular weight excluding hydrogens is 266 g/mol. The second-order valence-electron chi connectivity index (χ2n) is 7.15. The molecule has 3 fully saturated rings. The van der Waals surface area contributed by atoms with Crippen molar-refractivity contribution in [2.75, 3.05) is 19.7 Å². The SMILES string of the molecule is CCOC1CC(O)C12CCN(C(=O)CCC1CCC1)CC2. The summed E-state index contributed by atoms with van der Waals surface area (Å²) in [5.41, 5.74) is -0.0687. The molecule has 1 N–H and O–H groups in total. The van der Waals surface area contributed by atoms with Gasteiger partial charge in [0.25, 0.3) is 0 Å². The summed E-state index contributed by atoms with van der Waals surface area (Å²) in [6.45, 7) is 4.31. The van der Waals surface area contributed by atoms with Crippen molar-refractivity contribution >= 4 is 5.91 Å². The second-order valence-corrected chi connectivity index (χ2v) is 7.15. The summed E-state index contributed by atoms with van der Waals surface area (Å²) in [6, 6.07) is 0. The molecule has 0 bridgehead atoms. The van der Waals surface area contributed by atoms with Crippen LogP contribution in [0.2, 0.25) is 0 Å². The Balaban J connectivity index is 1.46. The van der Waals surface area contributed by atoms with Gasteiger partial charge in [0.15, 0.2) is 0 Å². The van der Waals surface area contributed by atoms with Gasteiger partial charge in [-0.1, -0.05) is 19.3 Å². The molecule has 1 saturated heterocycles. The van der Waals surface area contributed by atoms with Crippen molar-refractivity contribution < 1.29 is 14.6 Å². The Kier molecular flexibility index (Phi) is 4.55. The molecule has 3 aliphatic rings. The van der Waals surface area contributed by atoms with E-state index in [9.17, 15) is 9.90 Å². The van der Waals surface area contributed by atoms with Crippen LogP contribution in [0.5, 0.6) is 0 Å². The number of amides is 1. The van der Waals surface area contributed by atoms with Crippen molar-refractivity contribution in [3.05, 3.63) is 0 Å². The maximum Gasteiger partial charge on any atom is 0.222 e. The number of carbonyl (C=O) groups excluding carboxylic acids is 1. The second kappa shape index (κ2) is 6.25. The Hall–Kier alpha value is -0.610. The molecule has 1 spiro atoms. The van der Waals surface area contributed by atoms with Crippen LogP contribution in [-0.2, 0) is 9.53 Å². The van der Waals surface area contributed by atoms with Gasteiger partial charge in [-0.2, -0.15) is 0 Å². The van der Waals surface area contributed by atoms with E-state index in [4.69, 9.17) is 4.74 Å². The van der Waals surface area contributed by atoms with E-state index < -0.39 is 0 Å². The van der Waals surface area contributed by atoms with Crippen LogP contribution in [-0.4, -0.2) is 47.8 Å². The van der Waals surface area contributed by atoms with Crippen LogP contribution in [0, 0.1) is 11.3 Å². The lowest BCUT2D eigenvalue weighted by Gasteiger charge is -2.56. The van der Waals surface area contributed by atoms with E-state index >= 15 is 0 Å². The number of carbonyl (C=O) groups is 1. The maximum absolute atomic E-state index is 12.3. The fraction of sp³-hybridized carbons (Fsp3) is 0.941. The van der Waals surface area contributed by atoms with Gasteiger partial charge in [-0.15, -0.1) is 0 Å². The number of hydrogen-bond donors (Lipinski definition) is 1. The molecule has 2 saturated carbocycles. The van der Waals surface area contributed by atoms with Crippen LogP contribution >= 0.6 is 0 Å². The lowest BCUT2D eigenvalue weighted by Crippen LogP contribution is -2.62. The van der Waals surface area contributed by atoms with Crippen LogP contribution in [0.3, 0.4) is 0 Å². The third-order valence-electron chi connectivity index (χ3n) is 6.15. The molecule has 21 heavy (non-hydrogen) atoms. The molecule has 120 valence electrons. The Labute approximate surface area is 127 Å². The fourth-order valence-electron chi connectivity index (χ4n) is 4.26.